The Labute approximate surface area is 242 Å². The van der Waals surface area contributed by atoms with Crippen LogP contribution in [0.2, 0.25) is 0 Å². The van der Waals surface area contributed by atoms with Gasteiger partial charge in [0.1, 0.15) is 12.4 Å². The minimum atomic E-state index is -0.222. The van der Waals surface area contributed by atoms with Crippen LogP contribution >= 0.6 is 31.9 Å². The minimum Gasteiger partial charge on any atom is -0.490 e. The van der Waals surface area contributed by atoms with Crippen LogP contribution in [0.3, 0.4) is 0 Å². The Hall–Kier alpha value is -3.37. The highest BCUT2D eigenvalue weighted by Crippen LogP contribution is 2.38. The van der Waals surface area contributed by atoms with E-state index in [1.165, 1.54) is 4.68 Å². The minimum absolute atomic E-state index is 0.0422. The summed E-state index contributed by atoms with van der Waals surface area (Å²) in [6, 6.07) is 14.9. The second-order valence-corrected chi connectivity index (χ2v) is 10.8. The molecule has 5 rings (SSSR count). The van der Waals surface area contributed by atoms with Crippen molar-refractivity contribution in [2.75, 3.05) is 13.4 Å². The zero-order valence-corrected chi connectivity index (χ0v) is 24.9. The van der Waals surface area contributed by atoms with Crippen LogP contribution in [-0.2, 0) is 6.61 Å². The van der Waals surface area contributed by atoms with E-state index in [0.717, 1.165) is 27.8 Å². The highest BCUT2D eigenvalue weighted by molar-refractivity contribution is 9.10. The Morgan fingerprint density at radius 1 is 1.08 bits per heavy atom. The number of halogens is 2. The second kappa shape index (κ2) is 11.8. The van der Waals surface area contributed by atoms with Crippen LogP contribution in [0.4, 0.5) is 0 Å². The van der Waals surface area contributed by atoms with Gasteiger partial charge in [0.2, 0.25) is 6.79 Å². The maximum absolute atomic E-state index is 13.4. The summed E-state index contributed by atoms with van der Waals surface area (Å²) in [6.07, 6.45) is 2.45. The van der Waals surface area contributed by atoms with Crippen LogP contribution in [0.5, 0.6) is 23.0 Å². The standard InChI is InChI=1S/C29H27Br2N3O5/c1-4-17(3)28-33-23-8-7-20(30)13-21(23)29(35)34(28)32-14-19-10-22(31)27(26(12-19)36-5-2)37-15-18-6-9-24-25(11-18)39-16-38-24/h6-14,17H,4-5,15-16H2,1-3H3/t17-/m0/s1. The summed E-state index contributed by atoms with van der Waals surface area (Å²) in [6.45, 7) is 7.00. The first-order valence-electron chi connectivity index (χ1n) is 12.6. The normalized spacial score (nSPS) is 13.3. The molecule has 0 saturated carbocycles. The molecule has 1 atom stereocenters. The molecular weight excluding hydrogens is 630 g/mol. The molecule has 0 radical (unpaired) electrons. The average molecular weight is 657 g/mol. The van der Waals surface area contributed by atoms with Gasteiger partial charge < -0.3 is 18.9 Å². The molecule has 0 aliphatic carbocycles. The van der Waals surface area contributed by atoms with Gasteiger partial charge in [-0.25, -0.2) is 4.98 Å². The molecule has 0 unspecified atom stereocenters. The van der Waals surface area contributed by atoms with E-state index in [4.69, 9.17) is 23.9 Å². The van der Waals surface area contributed by atoms with Crippen molar-refractivity contribution in [3.8, 4) is 23.0 Å². The molecule has 2 heterocycles. The predicted octanol–water partition coefficient (Wildman–Crippen LogP) is 7.02. The maximum atomic E-state index is 13.4. The van der Waals surface area contributed by atoms with E-state index in [1.807, 2.05) is 56.3 Å². The molecule has 8 nitrogen and oxygen atoms in total. The molecule has 0 spiro atoms. The van der Waals surface area contributed by atoms with Gasteiger partial charge in [-0.15, -0.1) is 0 Å². The summed E-state index contributed by atoms with van der Waals surface area (Å²) in [5, 5.41) is 5.08. The Bertz CT molecular complexity index is 1620. The molecule has 0 amide bonds. The molecule has 202 valence electrons. The van der Waals surface area contributed by atoms with Crippen molar-refractivity contribution in [3.63, 3.8) is 0 Å². The lowest BCUT2D eigenvalue weighted by Gasteiger charge is -2.15. The van der Waals surface area contributed by atoms with Crippen molar-refractivity contribution in [3.05, 3.63) is 84.8 Å². The quantitative estimate of drug-likeness (QED) is 0.180. The summed E-state index contributed by atoms with van der Waals surface area (Å²) in [5.41, 5.74) is 2.10. The van der Waals surface area contributed by atoms with Gasteiger partial charge >= 0.3 is 0 Å². The number of benzene rings is 3. The Balaban J connectivity index is 1.47. The number of nitrogens with zero attached hydrogens (tertiary/aromatic N) is 3. The van der Waals surface area contributed by atoms with Crippen molar-refractivity contribution in [2.24, 2.45) is 5.10 Å². The molecule has 3 aromatic carbocycles. The molecular formula is C29H27Br2N3O5. The van der Waals surface area contributed by atoms with Crippen LogP contribution in [0, 0.1) is 0 Å². The highest BCUT2D eigenvalue weighted by Gasteiger charge is 2.18. The van der Waals surface area contributed by atoms with Gasteiger partial charge in [0.15, 0.2) is 23.0 Å². The summed E-state index contributed by atoms with van der Waals surface area (Å²) in [4.78, 5) is 18.2. The molecule has 1 aliphatic heterocycles. The van der Waals surface area contributed by atoms with E-state index in [-0.39, 0.29) is 18.3 Å². The molecule has 1 aromatic heterocycles. The third-order valence-corrected chi connectivity index (χ3v) is 7.44. The van der Waals surface area contributed by atoms with Gasteiger partial charge in [-0.2, -0.15) is 9.78 Å². The van der Waals surface area contributed by atoms with Crippen LogP contribution in [0.25, 0.3) is 10.9 Å². The van der Waals surface area contributed by atoms with Gasteiger partial charge in [0.25, 0.3) is 5.56 Å². The first-order chi connectivity index (χ1) is 18.9. The number of hydrogen-bond donors (Lipinski definition) is 0. The molecule has 1 aliphatic rings. The third-order valence-electron chi connectivity index (χ3n) is 6.36. The fourth-order valence-corrected chi connectivity index (χ4v) is 5.09. The first kappa shape index (κ1) is 27.2. The van der Waals surface area contributed by atoms with E-state index in [2.05, 4.69) is 43.9 Å². The summed E-state index contributed by atoms with van der Waals surface area (Å²) >= 11 is 7.07. The predicted molar refractivity (Wildman–Crippen MR) is 158 cm³/mol. The Morgan fingerprint density at radius 2 is 1.90 bits per heavy atom. The average Bonchev–Trinajstić information content (AvgIpc) is 3.40. The number of hydrogen-bond acceptors (Lipinski definition) is 7. The fraction of sp³-hybridized carbons (Fsp3) is 0.276. The number of ether oxygens (including phenoxy) is 4. The van der Waals surface area contributed by atoms with Crippen molar-refractivity contribution < 1.29 is 18.9 Å². The highest BCUT2D eigenvalue weighted by atomic mass is 79.9. The van der Waals surface area contributed by atoms with Crippen molar-refractivity contribution in [1.82, 2.24) is 9.66 Å². The van der Waals surface area contributed by atoms with Crippen molar-refractivity contribution >= 4 is 49.0 Å². The zero-order chi connectivity index (χ0) is 27.5. The molecule has 0 fully saturated rings. The number of fused-ring (bicyclic) bond motifs is 2. The van der Waals surface area contributed by atoms with E-state index < -0.39 is 0 Å². The van der Waals surface area contributed by atoms with Gasteiger partial charge in [0.05, 0.1) is 28.2 Å². The fourth-order valence-electron chi connectivity index (χ4n) is 4.16. The lowest BCUT2D eigenvalue weighted by molar-refractivity contribution is 0.174. The van der Waals surface area contributed by atoms with Crippen LogP contribution < -0.4 is 24.5 Å². The van der Waals surface area contributed by atoms with E-state index in [0.29, 0.717) is 51.7 Å². The Kier molecular flexibility index (Phi) is 8.23. The SMILES string of the molecule is CCOc1cc(C=Nn2c([C@@H](C)CC)nc3ccc(Br)cc3c2=O)cc(Br)c1OCc1ccc2c(c1)OCO2. The third kappa shape index (κ3) is 5.81. The zero-order valence-electron chi connectivity index (χ0n) is 21.7. The first-order valence-corrected chi connectivity index (χ1v) is 14.2. The van der Waals surface area contributed by atoms with Crippen LogP contribution in [0.1, 0.15) is 50.1 Å². The van der Waals surface area contributed by atoms with Crippen LogP contribution in [0.15, 0.2) is 67.4 Å². The molecule has 0 saturated heterocycles. The number of rotatable bonds is 9. The van der Waals surface area contributed by atoms with Gasteiger partial charge in [-0.1, -0.05) is 35.8 Å². The summed E-state index contributed by atoms with van der Waals surface area (Å²) in [5.74, 6) is 3.21. The van der Waals surface area contributed by atoms with E-state index in [9.17, 15) is 4.79 Å². The molecule has 4 aromatic rings. The molecule has 39 heavy (non-hydrogen) atoms. The van der Waals surface area contributed by atoms with Crippen molar-refractivity contribution in [2.45, 2.75) is 39.7 Å². The second-order valence-electron chi connectivity index (χ2n) is 9.04. The lowest BCUT2D eigenvalue weighted by atomic mass is 10.1. The smallest absolute Gasteiger partial charge is 0.282 e. The monoisotopic (exact) mass is 655 g/mol. The number of aromatic nitrogens is 2. The van der Waals surface area contributed by atoms with Gasteiger partial charge in [-0.3, -0.25) is 4.79 Å². The summed E-state index contributed by atoms with van der Waals surface area (Å²) < 4.78 is 25.8. The van der Waals surface area contributed by atoms with Gasteiger partial charge in [0, 0.05) is 10.4 Å². The lowest BCUT2D eigenvalue weighted by Crippen LogP contribution is -2.23. The van der Waals surface area contributed by atoms with E-state index >= 15 is 0 Å². The molecule has 0 N–H and O–H groups in total. The van der Waals surface area contributed by atoms with Crippen LogP contribution in [-0.4, -0.2) is 29.3 Å². The Morgan fingerprint density at radius 3 is 2.69 bits per heavy atom. The molecule has 10 heteroatoms. The molecule has 0 bridgehead atoms. The summed E-state index contributed by atoms with van der Waals surface area (Å²) in [7, 11) is 0. The maximum Gasteiger partial charge on any atom is 0.282 e. The topological polar surface area (TPSA) is 84.2 Å². The largest absolute Gasteiger partial charge is 0.490 e. The van der Waals surface area contributed by atoms with E-state index in [1.54, 1.807) is 12.3 Å². The van der Waals surface area contributed by atoms with Crippen molar-refractivity contribution in [1.29, 1.82) is 0 Å². The van der Waals surface area contributed by atoms with Gasteiger partial charge in [-0.05, 0) is 82.9 Å².